The molecule has 1 atom stereocenters. The van der Waals surface area contributed by atoms with E-state index >= 15 is 0 Å². The van der Waals surface area contributed by atoms with Gasteiger partial charge in [0.2, 0.25) is 0 Å². The van der Waals surface area contributed by atoms with E-state index in [0.29, 0.717) is 12.8 Å². The molecule has 316 valence electrons. The van der Waals surface area contributed by atoms with Crippen LogP contribution in [0.4, 0.5) is 0 Å². The Morgan fingerprint density at radius 1 is 0.426 bits per heavy atom. The molecule has 0 fully saturated rings. The highest BCUT2D eigenvalue weighted by molar-refractivity contribution is 5.70. The average molecular weight is 759 g/mol. The summed E-state index contributed by atoms with van der Waals surface area (Å²) in [6.07, 6.45) is 56.5. The van der Waals surface area contributed by atoms with Gasteiger partial charge in [0.25, 0.3) is 0 Å². The number of esters is 2. The molecule has 5 heteroatoms. The Bertz CT molecular complexity index is 862. The highest BCUT2D eigenvalue weighted by Gasteiger charge is 2.16. The van der Waals surface area contributed by atoms with Crippen molar-refractivity contribution in [1.29, 1.82) is 0 Å². The standard InChI is InChI=1S/C49H90O5/c1-3-5-7-9-11-13-15-17-19-21-23-24-26-28-30-32-34-36-38-40-42-44-49(52)54-47(45-50)46-53-48(51)43-41-39-37-35-33-31-29-27-25-22-20-18-16-14-12-10-8-6-4-2/h12,14,17-20,47,50H,3-11,13,15-16,21-46H2,1-2H3/t47-/m0/s1. The van der Waals surface area contributed by atoms with Crippen LogP contribution in [-0.4, -0.2) is 36.4 Å². The first-order valence-electron chi connectivity index (χ1n) is 23.5. The lowest BCUT2D eigenvalue weighted by Crippen LogP contribution is -2.28. The number of aliphatic hydroxyl groups is 1. The first-order chi connectivity index (χ1) is 26.6. The minimum atomic E-state index is -0.772. The van der Waals surface area contributed by atoms with Crippen LogP contribution in [0.5, 0.6) is 0 Å². The van der Waals surface area contributed by atoms with Crippen LogP contribution in [0.2, 0.25) is 0 Å². The Labute approximate surface area is 336 Å². The van der Waals surface area contributed by atoms with Gasteiger partial charge in [0.15, 0.2) is 6.10 Å². The third kappa shape index (κ3) is 42.9. The number of rotatable bonds is 43. The van der Waals surface area contributed by atoms with Crippen molar-refractivity contribution in [1.82, 2.24) is 0 Å². The van der Waals surface area contributed by atoms with E-state index < -0.39 is 6.10 Å². The van der Waals surface area contributed by atoms with Crippen molar-refractivity contribution >= 4 is 11.9 Å². The number of hydrogen-bond donors (Lipinski definition) is 1. The molecule has 0 radical (unpaired) electrons. The fourth-order valence-corrected chi connectivity index (χ4v) is 6.82. The van der Waals surface area contributed by atoms with Gasteiger partial charge in [-0.05, 0) is 70.6 Å². The van der Waals surface area contributed by atoms with E-state index in [1.54, 1.807) is 0 Å². The molecule has 0 aromatic rings. The van der Waals surface area contributed by atoms with Crippen LogP contribution < -0.4 is 0 Å². The summed E-state index contributed by atoms with van der Waals surface area (Å²) < 4.78 is 10.7. The Balaban J connectivity index is 3.50. The summed E-state index contributed by atoms with van der Waals surface area (Å²) in [7, 11) is 0. The molecule has 1 N–H and O–H groups in total. The van der Waals surface area contributed by atoms with Crippen LogP contribution in [0.25, 0.3) is 0 Å². The lowest BCUT2D eigenvalue weighted by atomic mass is 10.0. The second-order valence-corrected chi connectivity index (χ2v) is 15.8. The Morgan fingerprint density at radius 3 is 1.15 bits per heavy atom. The quantitative estimate of drug-likeness (QED) is 0.0381. The lowest BCUT2D eigenvalue weighted by molar-refractivity contribution is -0.161. The third-order valence-electron chi connectivity index (χ3n) is 10.4. The lowest BCUT2D eigenvalue weighted by Gasteiger charge is -2.15. The van der Waals surface area contributed by atoms with Gasteiger partial charge in [-0.2, -0.15) is 0 Å². The predicted molar refractivity (Wildman–Crippen MR) is 233 cm³/mol. The summed E-state index contributed by atoms with van der Waals surface area (Å²) >= 11 is 0. The van der Waals surface area contributed by atoms with Gasteiger partial charge in [-0.15, -0.1) is 0 Å². The molecule has 0 aromatic carbocycles. The molecule has 0 spiro atoms. The van der Waals surface area contributed by atoms with E-state index in [4.69, 9.17) is 9.47 Å². The van der Waals surface area contributed by atoms with E-state index in [9.17, 15) is 14.7 Å². The van der Waals surface area contributed by atoms with Gasteiger partial charge in [-0.25, -0.2) is 0 Å². The molecule has 54 heavy (non-hydrogen) atoms. The van der Waals surface area contributed by atoms with Gasteiger partial charge in [0, 0.05) is 12.8 Å². The summed E-state index contributed by atoms with van der Waals surface area (Å²) in [5.74, 6) is -0.588. The SMILES string of the molecule is CCCCCC=CCC=CCCCCCCCCCCCC(=O)OC[C@H](CO)OC(=O)CCCCCCCCCCCCCC=CCCCCCCCC. The van der Waals surface area contributed by atoms with E-state index in [-0.39, 0.29) is 25.2 Å². The first-order valence-corrected chi connectivity index (χ1v) is 23.5. The highest BCUT2D eigenvalue weighted by atomic mass is 16.6. The normalized spacial score (nSPS) is 12.4. The van der Waals surface area contributed by atoms with Crippen LogP contribution in [0.15, 0.2) is 36.5 Å². The van der Waals surface area contributed by atoms with Crippen LogP contribution in [0.3, 0.4) is 0 Å². The van der Waals surface area contributed by atoms with Crippen LogP contribution in [0.1, 0.15) is 245 Å². The van der Waals surface area contributed by atoms with Crippen molar-refractivity contribution < 1.29 is 24.2 Å². The van der Waals surface area contributed by atoms with E-state index in [2.05, 4.69) is 50.3 Å². The maximum absolute atomic E-state index is 12.2. The van der Waals surface area contributed by atoms with Crippen molar-refractivity contribution in [3.8, 4) is 0 Å². The predicted octanol–water partition coefficient (Wildman–Crippen LogP) is 15.2. The Hall–Kier alpha value is -1.88. The van der Waals surface area contributed by atoms with Crippen LogP contribution in [0, 0.1) is 0 Å². The largest absolute Gasteiger partial charge is 0.462 e. The molecule has 0 aromatic heterocycles. The van der Waals surface area contributed by atoms with Gasteiger partial charge >= 0.3 is 11.9 Å². The summed E-state index contributed by atoms with van der Waals surface area (Å²) in [5.41, 5.74) is 0. The molecular formula is C49H90O5. The molecular weight excluding hydrogens is 669 g/mol. The fourth-order valence-electron chi connectivity index (χ4n) is 6.82. The molecule has 0 aliphatic carbocycles. The second-order valence-electron chi connectivity index (χ2n) is 15.8. The van der Waals surface area contributed by atoms with Crippen molar-refractivity contribution in [3.05, 3.63) is 36.5 Å². The maximum atomic E-state index is 12.2. The molecule has 0 saturated heterocycles. The van der Waals surface area contributed by atoms with Crippen LogP contribution in [-0.2, 0) is 19.1 Å². The van der Waals surface area contributed by atoms with Gasteiger partial charge in [0.05, 0.1) is 6.61 Å². The highest BCUT2D eigenvalue weighted by Crippen LogP contribution is 2.15. The molecule has 0 aliphatic heterocycles. The van der Waals surface area contributed by atoms with Crippen molar-refractivity contribution in [3.63, 3.8) is 0 Å². The molecule has 0 amide bonds. The average Bonchev–Trinajstić information content (AvgIpc) is 3.17. The Kier molecular flexibility index (Phi) is 43.9. The third-order valence-corrected chi connectivity index (χ3v) is 10.4. The zero-order chi connectivity index (χ0) is 39.3. The van der Waals surface area contributed by atoms with Crippen LogP contribution >= 0.6 is 0 Å². The summed E-state index contributed by atoms with van der Waals surface area (Å²) in [6.45, 7) is 4.13. The van der Waals surface area contributed by atoms with Crippen molar-refractivity contribution in [2.75, 3.05) is 13.2 Å². The van der Waals surface area contributed by atoms with Gasteiger partial charge in [-0.1, -0.05) is 198 Å². The van der Waals surface area contributed by atoms with Gasteiger partial charge in [0.1, 0.15) is 6.61 Å². The summed E-state index contributed by atoms with van der Waals surface area (Å²) in [5, 5.41) is 9.60. The molecule has 0 aliphatic rings. The number of hydrogen-bond acceptors (Lipinski definition) is 5. The molecule has 0 saturated carbocycles. The second kappa shape index (κ2) is 45.5. The molecule has 0 bridgehead atoms. The Morgan fingerprint density at radius 2 is 0.741 bits per heavy atom. The van der Waals surface area contributed by atoms with Crippen molar-refractivity contribution in [2.24, 2.45) is 0 Å². The van der Waals surface area contributed by atoms with Crippen molar-refractivity contribution in [2.45, 2.75) is 251 Å². The minimum absolute atomic E-state index is 0.0661. The van der Waals surface area contributed by atoms with E-state index in [1.165, 1.54) is 173 Å². The topological polar surface area (TPSA) is 72.8 Å². The summed E-state index contributed by atoms with van der Waals surface area (Å²) in [6, 6.07) is 0. The first kappa shape index (κ1) is 52.1. The number of aliphatic hydroxyl groups excluding tert-OH is 1. The van der Waals surface area contributed by atoms with Gasteiger partial charge in [-0.3, -0.25) is 9.59 Å². The number of carbonyl (C=O) groups is 2. The number of carbonyl (C=O) groups excluding carboxylic acids is 2. The zero-order valence-electron chi connectivity index (χ0n) is 36.0. The molecule has 0 unspecified atom stereocenters. The monoisotopic (exact) mass is 759 g/mol. The maximum Gasteiger partial charge on any atom is 0.306 e. The molecule has 0 heterocycles. The fraction of sp³-hybridized carbons (Fsp3) is 0.837. The molecule has 0 rings (SSSR count). The molecule has 5 nitrogen and oxygen atoms in total. The number of allylic oxidation sites excluding steroid dienone is 6. The zero-order valence-corrected chi connectivity index (χ0v) is 36.0. The van der Waals surface area contributed by atoms with E-state index in [0.717, 1.165) is 44.9 Å². The smallest absolute Gasteiger partial charge is 0.306 e. The minimum Gasteiger partial charge on any atom is -0.462 e. The number of unbranched alkanes of at least 4 members (excludes halogenated alkanes) is 29. The van der Waals surface area contributed by atoms with E-state index in [1.807, 2.05) is 0 Å². The summed E-state index contributed by atoms with van der Waals surface area (Å²) in [4.78, 5) is 24.4. The van der Waals surface area contributed by atoms with Gasteiger partial charge < -0.3 is 14.6 Å². The number of ether oxygens (including phenoxy) is 2.